The summed E-state index contributed by atoms with van der Waals surface area (Å²) in [5.41, 5.74) is 3.48. The predicted molar refractivity (Wildman–Crippen MR) is 145 cm³/mol. The number of nitrogens with zero attached hydrogens (tertiary/aromatic N) is 3. The van der Waals surface area contributed by atoms with Crippen LogP contribution in [0.1, 0.15) is 51.4 Å². The first-order chi connectivity index (χ1) is 18.2. The lowest BCUT2D eigenvalue weighted by molar-refractivity contribution is -0.118. The van der Waals surface area contributed by atoms with Crippen LogP contribution in [0.15, 0.2) is 67.0 Å². The van der Waals surface area contributed by atoms with Gasteiger partial charge in [-0.1, -0.05) is 49.4 Å². The first kappa shape index (κ1) is 27.1. The van der Waals surface area contributed by atoms with Gasteiger partial charge in [-0.25, -0.2) is 4.79 Å². The molecule has 3 aromatic rings. The second kappa shape index (κ2) is 12.0. The molecule has 4 rings (SSSR count). The maximum absolute atomic E-state index is 12.9. The van der Waals surface area contributed by atoms with E-state index in [1.165, 1.54) is 0 Å². The van der Waals surface area contributed by atoms with Crippen molar-refractivity contribution in [1.82, 2.24) is 20.1 Å². The second-order valence-corrected chi connectivity index (χ2v) is 10.3. The third kappa shape index (κ3) is 7.29. The normalized spacial score (nSPS) is 18.4. The fourth-order valence-electron chi connectivity index (χ4n) is 4.09. The molecule has 2 atom stereocenters. The number of alkyl carbamates (subject to hydrolysis) is 1. The van der Waals surface area contributed by atoms with Crippen LogP contribution in [0.4, 0.5) is 10.5 Å². The first-order valence-corrected chi connectivity index (χ1v) is 12.8. The molecule has 2 bridgehead atoms. The topological polar surface area (TPSA) is 107 Å². The second-order valence-electron chi connectivity index (χ2n) is 10.3. The van der Waals surface area contributed by atoms with Crippen molar-refractivity contribution in [3.8, 4) is 11.3 Å². The summed E-state index contributed by atoms with van der Waals surface area (Å²) in [6.45, 7) is 8.96. The Balaban J connectivity index is 1.62. The van der Waals surface area contributed by atoms with Crippen molar-refractivity contribution in [2.45, 2.75) is 58.9 Å². The highest BCUT2D eigenvalue weighted by molar-refractivity contribution is 5.96. The van der Waals surface area contributed by atoms with Crippen molar-refractivity contribution in [3.63, 3.8) is 0 Å². The van der Waals surface area contributed by atoms with Gasteiger partial charge in [0.2, 0.25) is 5.91 Å². The van der Waals surface area contributed by atoms with Crippen LogP contribution in [0.3, 0.4) is 0 Å². The van der Waals surface area contributed by atoms with Gasteiger partial charge in [-0.15, -0.1) is 0 Å². The number of hydrogen-bond acceptors (Lipinski definition) is 6. The molecular formula is C29H35N5O4. The Morgan fingerprint density at radius 2 is 2.00 bits per heavy atom. The molecule has 0 radical (unpaired) electrons. The molecule has 38 heavy (non-hydrogen) atoms. The Morgan fingerprint density at radius 1 is 1.21 bits per heavy atom. The van der Waals surface area contributed by atoms with Crippen LogP contribution >= 0.6 is 0 Å². The summed E-state index contributed by atoms with van der Waals surface area (Å²) in [6.07, 6.45) is 6.97. The number of aromatic nitrogens is 3. The zero-order valence-electron chi connectivity index (χ0n) is 22.3. The van der Waals surface area contributed by atoms with Gasteiger partial charge in [0.15, 0.2) is 0 Å². The van der Waals surface area contributed by atoms with Crippen molar-refractivity contribution in [3.05, 3.63) is 78.3 Å². The van der Waals surface area contributed by atoms with Crippen LogP contribution in [0.5, 0.6) is 0 Å². The van der Waals surface area contributed by atoms with Gasteiger partial charge in [0, 0.05) is 11.8 Å². The van der Waals surface area contributed by atoms with E-state index < -0.39 is 12.1 Å². The molecule has 0 saturated carbocycles. The molecule has 1 aliphatic rings. The van der Waals surface area contributed by atoms with Crippen LogP contribution in [0.25, 0.3) is 11.3 Å². The van der Waals surface area contributed by atoms with Crippen LogP contribution in [0.2, 0.25) is 0 Å². The Hall–Kier alpha value is -3.98. The molecular weight excluding hydrogens is 482 g/mol. The summed E-state index contributed by atoms with van der Waals surface area (Å²) in [4.78, 5) is 30.2. The molecule has 1 aliphatic heterocycles. The number of nitrogens with one attached hydrogen (secondary N) is 2. The number of rotatable bonds is 6. The molecule has 200 valence electrons. The average molecular weight is 518 g/mol. The van der Waals surface area contributed by atoms with E-state index in [1.807, 2.05) is 87.0 Å². The number of pyridine rings is 1. The highest BCUT2D eigenvalue weighted by atomic mass is 16.5. The van der Waals surface area contributed by atoms with Gasteiger partial charge in [-0.2, -0.15) is 5.10 Å². The maximum Gasteiger partial charge on any atom is 0.408 e. The number of ether oxygens (including phenoxy) is 2. The minimum atomic E-state index is -0.539. The van der Waals surface area contributed by atoms with E-state index in [4.69, 9.17) is 9.47 Å². The summed E-state index contributed by atoms with van der Waals surface area (Å²) in [5, 5.41) is 10.5. The standard InChI is InChI=1S/C29H35N5O4/c1-20-9-8-12-23(33-28(36)37-19-21-10-6-5-7-11-21)24-17-22(13-14-30-24)26-25(32-27(20)35)18-31-34(26)15-16-38-29(2,3)4/h5-11,13-14,17-18,20,23H,12,15-16,19H2,1-4H3,(H,32,35)(H,33,36)/b9-8+/t20-,23+/m1/s1. The van der Waals surface area contributed by atoms with E-state index in [-0.39, 0.29) is 24.0 Å². The van der Waals surface area contributed by atoms with E-state index >= 15 is 0 Å². The number of anilines is 1. The quantitative estimate of drug-likeness (QED) is 0.432. The Bertz CT molecular complexity index is 1280. The van der Waals surface area contributed by atoms with Gasteiger partial charge in [-0.05, 0) is 44.9 Å². The van der Waals surface area contributed by atoms with Crippen molar-refractivity contribution >= 4 is 17.7 Å². The zero-order valence-corrected chi connectivity index (χ0v) is 22.3. The van der Waals surface area contributed by atoms with Gasteiger partial charge < -0.3 is 20.1 Å². The van der Waals surface area contributed by atoms with Crippen LogP contribution in [0, 0.1) is 5.92 Å². The largest absolute Gasteiger partial charge is 0.445 e. The molecule has 0 aliphatic carbocycles. The summed E-state index contributed by atoms with van der Waals surface area (Å²) in [5.74, 6) is -0.526. The number of fused-ring (bicyclic) bond motifs is 4. The summed E-state index contributed by atoms with van der Waals surface area (Å²) < 4.78 is 13.2. The lowest BCUT2D eigenvalue weighted by Gasteiger charge is -2.21. The number of carbonyl (C=O) groups excluding carboxylic acids is 2. The third-order valence-corrected chi connectivity index (χ3v) is 6.06. The van der Waals surface area contributed by atoms with Crippen LogP contribution in [-0.2, 0) is 27.4 Å². The van der Waals surface area contributed by atoms with E-state index in [9.17, 15) is 9.59 Å². The minimum absolute atomic E-state index is 0.144. The van der Waals surface area contributed by atoms with Crippen molar-refractivity contribution in [2.75, 3.05) is 11.9 Å². The van der Waals surface area contributed by atoms with Gasteiger partial charge in [-0.3, -0.25) is 14.5 Å². The summed E-state index contributed by atoms with van der Waals surface area (Å²) >= 11 is 0. The number of hydrogen-bond donors (Lipinski definition) is 2. The number of benzene rings is 1. The molecule has 0 saturated heterocycles. The molecule has 9 heteroatoms. The molecule has 2 amide bonds. The minimum Gasteiger partial charge on any atom is -0.445 e. The van der Waals surface area contributed by atoms with Crippen LogP contribution in [-0.4, -0.2) is 39.0 Å². The summed E-state index contributed by atoms with van der Waals surface area (Å²) in [7, 11) is 0. The van der Waals surface area contributed by atoms with E-state index in [2.05, 4.69) is 20.7 Å². The highest BCUT2D eigenvalue weighted by Crippen LogP contribution is 2.31. The third-order valence-electron chi connectivity index (χ3n) is 6.06. The van der Waals surface area contributed by atoms with Gasteiger partial charge >= 0.3 is 6.09 Å². The van der Waals surface area contributed by atoms with E-state index in [0.717, 1.165) is 16.8 Å². The molecule has 1 aromatic carbocycles. The highest BCUT2D eigenvalue weighted by Gasteiger charge is 2.22. The lowest BCUT2D eigenvalue weighted by Crippen LogP contribution is -2.29. The van der Waals surface area contributed by atoms with Crippen LogP contribution < -0.4 is 10.6 Å². The van der Waals surface area contributed by atoms with Gasteiger partial charge in [0.1, 0.15) is 6.61 Å². The fourth-order valence-corrected chi connectivity index (χ4v) is 4.09. The molecule has 2 N–H and O–H groups in total. The molecule has 0 unspecified atom stereocenters. The van der Waals surface area contributed by atoms with Crippen molar-refractivity contribution < 1.29 is 19.1 Å². The molecule has 0 fully saturated rings. The first-order valence-electron chi connectivity index (χ1n) is 12.8. The monoisotopic (exact) mass is 517 g/mol. The van der Waals surface area contributed by atoms with Gasteiger partial charge in [0.25, 0.3) is 0 Å². The average Bonchev–Trinajstić information content (AvgIpc) is 3.28. The lowest BCUT2D eigenvalue weighted by atomic mass is 10.0. The van der Waals surface area contributed by atoms with E-state index in [1.54, 1.807) is 12.4 Å². The van der Waals surface area contributed by atoms with Gasteiger partial charge in [0.05, 0.1) is 54.0 Å². The molecule has 2 aromatic heterocycles. The summed E-state index contributed by atoms with van der Waals surface area (Å²) in [6, 6.07) is 12.8. The molecule has 9 nitrogen and oxygen atoms in total. The fraction of sp³-hybridized carbons (Fsp3) is 0.379. The Morgan fingerprint density at radius 3 is 2.76 bits per heavy atom. The van der Waals surface area contributed by atoms with E-state index in [0.29, 0.717) is 31.0 Å². The van der Waals surface area contributed by atoms with Crippen molar-refractivity contribution in [1.29, 1.82) is 0 Å². The predicted octanol–water partition coefficient (Wildman–Crippen LogP) is 5.26. The zero-order chi connectivity index (χ0) is 27.1. The Kier molecular flexibility index (Phi) is 8.58. The number of carbonyl (C=O) groups is 2. The smallest absolute Gasteiger partial charge is 0.408 e. The van der Waals surface area contributed by atoms with Crippen molar-refractivity contribution in [2.24, 2.45) is 5.92 Å². The maximum atomic E-state index is 12.9. The number of amides is 2. The molecule has 3 heterocycles. The SMILES string of the molecule is C[C@@H]1/C=C/C[C@H](NC(=O)OCc2ccccc2)c2cc(ccn2)-c2c(cnn2CCOC(C)(C)C)NC1=O. The Labute approximate surface area is 223 Å². The molecule has 0 spiro atoms.